The van der Waals surface area contributed by atoms with Gasteiger partial charge in [0.25, 0.3) is 0 Å². The molecule has 4 nitrogen and oxygen atoms in total. The van der Waals surface area contributed by atoms with Gasteiger partial charge in [-0.3, -0.25) is 0 Å². The normalized spacial score (nSPS) is 10.4. The Morgan fingerprint density at radius 1 is 1.00 bits per heavy atom. The molecule has 4 heteroatoms. The molecule has 0 bridgehead atoms. The predicted molar refractivity (Wildman–Crippen MR) is 77.1 cm³/mol. The quantitative estimate of drug-likeness (QED) is 0.734. The van der Waals surface area contributed by atoms with Crippen LogP contribution in [0.2, 0.25) is 0 Å². The molecule has 2 N–H and O–H groups in total. The van der Waals surface area contributed by atoms with E-state index in [1.807, 2.05) is 42.5 Å². The molecule has 20 heavy (non-hydrogen) atoms. The van der Waals surface area contributed by atoms with E-state index in [1.54, 1.807) is 18.3 Å². The second kappa shape index (κ2) is 5.48. The zero-order chi connectivity index (χ0) is 13.8. The van der Waals surface area contributed by atoms with Crippen LogP contribution in [0.5, 0.6) is 5.75 Å². The Labute approximate surface area is 116 Å². The first-order valence-corrected chi connectivity index (χ1v) is 6.30. The first kappa shape index (κ1) is 12.3. The fraction of sp³-hybridized carbons (Fsp3) is 0.0625. The van der Waals surface area contributed by atoms with Crippen molar-refractivity contribution in [1.82, 2.24) is 4.98 Å². The Hall–Kier alpha value is -2.75. The molecule has 3 rings (SSSR count). The van der Waals surface area contributed by atoms with E-state index < -0.39 is 0 Å². The second-order valence-electron chi connectivity index (χ2n) is 4.34. The predicted octanol–water partition coefficient (Wildman–Crippen LogP) is 3.50. The highest BCUT2D eigenvalue weighted by atomic mass is 16.5. The number of nitrogen functional groups attached to an aromatic ring is 1. The van der Waals surface area contributed by atoms with Gasteiger partial charge in [-0.1, -0.05) is 30.3 Å². The molecule has 0 unspecified atom stereocenters. The Morgan fingerprint density at radius 3 is 2.50 bits per heavy atom. The van der Waals surface area contributed by atoms with Crippen LogP contribution in [0.3, 0.4) is 0 Å². The van der Waals surface area contributed by atoms with E-state index in [2.05, 4.69) is 4.98 Å². The lowest BCUT2D eigenvalue weighted by Crippen LogP contribution is -1.95. The van der Waals surface area contributed by atoms with Crippen LogP contribution in [0, 0.1) is 0 Å². The maximum Gasteiger partial charge on any atom is 0.232 e. The topological polar surface area (TPSA) is 61.3 Å². The maximum atomic E-state index is 5.65. The Kier molecular flexibility index (Phi) is 3.37. The van der Waals surface area contributed by atoms with E-state index in [4.69, 9.17) is 14.9 Å². The highest BCUT2D eigenvalue weighted by Gasteiger charge is 2.06. The Bertz CT molecular complexity index is 675. The molecular weight excluding hydrogens is 252 g/mol. The van der Waals surface area contributed by atoms with E-state index in [-0.39, 0.29) is 6.61 Å². The number of hydrogen-bond acceptors (Lipinski definition) is 4. The largest absolute Gasteiger partial charge is 0.484 e. The molecule has 1 heterocycles. The molecule has 0 saturated carbocycles. The summed E-state index contributed by atoms with van der Waals surface area (Å²) in [6.45, 7) is 0.288. The highest BCUT2D eigenvalue weighted by molar-refractivity contribution is 5.55. The molecule has 0 amide bonds. The van der Waals surface area contributed by atoms with E-state index in [1.165, 1.54) is 0 Å². The van der Waals surface area contributed by atoms with Gasteiger partial charge in [-0.25, -0.2) is 4.98 Å². The van der Waals surface area contributed by atoms with E-state index in [9.17, 15) is 0 Å². The summed E-state index contributed by atoms with van der Waals surface area (Å²) in [6, 6.07) is 17.1. The van der Waals surface area contributed by atoms with Gasteiger partial charge in [-0.05, 0) is 24.3 Å². The number of anilines is 1. The lowest BCUT2D eigenvalue weighted by Gasteiger charge is -2.03. The van der Waals surface area contributed by atoms with Crippen LogP contribution in [-0.4, -0.2) is 4.98 Å². The number of ether oxygens (including phenoxy) is 1. The first-order valence-electron chi connectivity index (χ1n) is 6.30. The number of hydrogen-bond donors (Lipinski definition) is 1. The molecule has 0 aliphatic heterocycles. The molecule has 2 aromatic carbocycles. The van der Waals surface area contributed by atoms with Gasteiger partial charge in [0.1, 0.15) is 5.75 Å². The molecule has 0 spiro atoms. The van der Waals surface area contributed by atoms with Gasteiger partial charge < -0.3 is 14.9 Å². The monoisotopic (exact) mass is 266 g/mol. The third-order valence-corrected chi connectivity index (χ3v) is 2.85. The van der Waals surface area contributed by atoms with Gasteiger partial charge in [0.05, 0.1) is 6.20 Å². The van der Waals surface area contributed by atoms with Crippen molar-refractivity contribution in [3.8, 4) is 17.1 Å². The summed E-state index contributed by atoms with van der Waals surface area (Å²) in [5.74, 6) is 2.01. The number of aromatic nitrogens is 1. The van der Waals surface area contributed by atoms with Crippen molar-refractivity contribution in [2.45, 2.75) is 6.61 Å². The van der Waals surface area contributed by atoms with Gasteiger partial charge in [0.2, 0.25) is 5.89 Å². The number of benzene rings is 2. The van der Waals surface area contributed by atoms with Gasteiger partial charge in [-0.2, -0.15) is 0 Å². The maximum absolute atomic E-state index is 5.65. The van der Waals surface area contributed by atoms with Crippen LogP contribution >= 0.6 is 0 Å². The SMILES string of the molecule is Nc1ccc(OCc2ncc(-c3ccccc3)o2)cc1. The summed E-state index contributed by atoms with van der Waals surface area (Å²) in [7, 11) is 0. The molecule has 0 aliphatic carbocycles. The van der Waals surface area contributed by atoms with Crippen LogP contribution in [0.25, 0.3) is 11.3 Å². The third kappa shape index (κ3) is 2.80. The lowest BCUT2D eigenvalue weighted by atomic mass is 10.2. The molecule has 0 saturated heterocycles. The van der Waals surface area contributed by atoms with Crippen LogP contribution in [-0.2, 0) is 6.61 Å². The van der Waals surface area contributed by atoms with Crippen LogP contribution < -0.4 is 10.5 Å². The minimum Gasteiger partial charge on any atom is -0.484 e. The molecule has 100 valence electrons. The molecule has 1 aromatic heterocycles. The molecule has 0 atom stereocenters. The fourth-order valence-electron chi connectivity index (χ4n) is 1.82. The van der Waals surface area contributed by atoms with Crippen molar-refractivity contribution in [3.05, 3.63) is 66.7 Å². The Balaban J connectivity index is 1.67. The summed E-state index contributed by atoms with van der Waals surface area (Å²) in [4.78, 5) is 4.21. The summed E-state index contributed by atoms with van der Waals surface area (Å²) < 4.78 is 11.2. The fourth-order valence-corrected chi connectivity index (χ4v) is 1.82. The first-order chi connectivity index (χ1) is 9.81. The summed E-state index contributed by atoms with van der Waals surface area (Å²) in [5.41, 5.74) is 7.32. The average Bonchev–Trinajstić information content (AvgIpc) is 2.97. The zero-order valence-electron chi connectivity index (χ0n) is 10.8. The van der Waals surface area contributed by atoms with E-state index in [0.717, 1.165) is 17.1 Å². The molecule has 0 fully saturated rings. The Morgan fingerprint density at radius 2 is 1.75 bits per heavy atom. The van der Waals surface area contributed by atoms with Gasteiger partial charge in [-0.15, -0.1) is 0 Å². The standard InChI is InChI=1S/C16H14N2O2/c17-13-6-8-14(9-7-13)19-11-16-18-10-15(20-16)12-4-2-1-3-5-12/h1-10H,11,17H2. The number of oxazole rings is 1. The zero-order valence-corrected chi connectivity index (χ0v) is 10.8. The van der Waals surface area contributed by atoms with Crippen molar-refractivity contribution >= 4 is 5.69 Å². The van der Waals surface area contributed by atoms with Crippen molar-refractivity contribution in [1.29, 1.82) is 0 Å². The van der Waals surface area contributed by atoms with Crippen molar-refractivity contribution in [2.75, 3.05) is 5.73 Å². The number of nitrogens with zero attached hydrogens (tertiary/aromatic N) is 1. The summed E-state index contributed by atoms with van der Waals surface area (Å²) in [6.07, 6.45) is 1.71. The van der Waals surface area contributed by atoms with Crippen molar-refractivity contribution in [3.63, 3.8) is 0 Å². The number of nitrogens with two attached hydrogens (primary N) is 1. The molecule has 0 aliphatic rings. The van der Waals surface area contributed by atoms with Gasteiger partial charge in [0.15, 0.2) is 12.4 Å². The minimum absolute atomic E-state index is 0.288. The van der Waals surface area contributed by atoms with Gasteiger partial charge >= 0.3 is 0 Å². The average molecular weight is 266 g/mol. The smallest absolute Gasteiger partial charge is 0.232 e. The van der Waals surface area contributed by atoms with Gasteiger partial charge in [0, 0.05) is 11.3 Å². The van der Waals surface area contributed by atoms with Crippen molar-refractivity contribution in [2.24, 2.45) is 0 Å². The van der Waals surface area contributed by atoms with E-state index in [0.29, 0.717) is 11.6 Å². The van der Waals surface area contributed by atoms with Crippen LogP contribution in [0.1, 0.15) is 5.89 Å². The lowest BCUT2D eigenvalue weighted by molar-refractivity contribution is 0.264. The van der Waals surface area contributed by atoms with Crippen LogP contribution in [0.4, 0.5) is 5.69 Å². The summed E-state index contributed by atoms with van der Waals surface area (Å²) >= 11 is 0. The van der Waals surface area contributed by atoms with E-state index >= 15 is 0 Å². The van der Waals surface area contributed by atoms with Crippen LogP contribution in [0.15, 0.2) is 65.2 Å². The van der Waals surface area contributed by atoms with Crippen molar-refractivity contribution < 1.29 is 9.15 Å². The second-order valence-corrected chi connectivity index (χ2v) is 4.34. The number of rotatable bonds is 4. The third-order valence-electron chi connectivity index (χ3n) is 2.85. The minimum atomic E-state index is 0.288. The highest BCUT2D eigenvalue weighted by Crippen LogP contribution is 2.21. The molecule has 3 aromatic rings. The summed E-state index contributed by atoms with van der Waals surface area (Å²) in [5, 5.41) is 0. The molecule has 0 radical (unpaired) electrons. The molecular formula is C16H14N2O2.